The van der Waals surface area contributed by atoms with Crippen LogP contribution >= 0.6 is 0 Å². The molecule has 1 aliphatic carbocycles. The molecular formula is C22H29N3O7S. The maximum absolute atomic E-state index is 12.8. The molecule has 0 atom stereocenters. The van der Waals surface area contributed by atoms with Crippen LogP contribution in [0.3, 0.4) is 0 Å². The van der Waals surface area contributed by atoms with Crippen LogP contribution in [0.2, 0.25) is 0 Å². The van der Waals surface area contributed by atoms with Gasteiger partial charge in [0.05, 0.1) is 17.0 Å². The van der Waals surface area contributed by atoms with E-state index in [1.807, 2.05) is 0 Å². The molecule has 1 N–H and O–H groups in total. The molecule has 0 spiro atoms. The molecule has 0 unspecified atom stereocenters. The van der Waals surface area contributed by atoms with Gasteiger partial charge in [0.15, 0.2) is 5.58 Å². The van der Waals surface area contributed by atoms with Crippen LogP contribution in [0.15, 0.2) is 32.3 Å². The van der Waals surface area contributed by atoms with E-state index in [1.54, 1.807) is 6.92 Å². The first-order valence-corrected chi connectivity index (χ1v) is 12.8. The highest BCUT2D eigenvalue weighted by atomic mass is 32.2. The zero-order valence-electron chi connectivity index (χ0n) is 18.7. The minimum atomic E-state index is -3.64. The number of carbonyl (C=O) groups excluding carboxylic acids is 2. The second-order valence-electron chi connectivity index (χ2n) is 8.57. The second kappa shape index (κ2) is 9.30. The van der Waals surface area contributed by atoms with E-state index < -0.39 is 27.3 Å². The fourth-order valence-corrected chi connectivity index (χ4v) is 6.20. The standard InChI is InChI=1S/C22H29N3O7S/c1-2-31-20(27)22(10-3-4-11-22)23-19(26)9-14-25-17-8-7-16(15-18(17)32-21(25)28)33(29,30)24-12-5-6-13-24/h7-8,15H,2-6,9-14H2,1H3,(H,23,26). The number of benzene rings is 1. The number of nitrogens with zero attached hydrogens (tertiary/aromatic N) is 2. The Labute approximate surface area is 191 Å². The summed E-state index contributed by atoms with van der Waals surface area (Å²) >= 11 is 0. The molecule has 10 nitrogen and oxygen atoms in total. The number of hydrogen-bond donors (Lipinski definition) is 1. The molecule has 1 amide bonds. The summed E-state index contributed by atoms with van der Waals surface area (Å²) in [6.45, 7) is 2.96. The van der Waals surface area contributed by atoms with E-state index >= 15 is 0 Å². The summed E-state index contributed by atoms with van der Waals surface area (Å²) in [5.41, 5.74) is -0.441. The van der Waals surface area contributed by atoms with Crippen molar-refractivity contribution in [2.75, 3.05) is 19.7 Å². The van der Waals surface area contributed by atoms with E-state index in [9.17, 15) is 22.8 Å². The zero-order chi connectivity index (χ0) is 23.6. The van der Waals surface area contributed by atoms with Gasteiger partial charge < -0.3 is 14.5 Å². The third-order valence-corrected chi connectivity index (χ3v) is 8.30. The number of ether oxygens (including phenoxy) is 1. The summed E-state index contributed by atoms with van der Waals surface area (Å²) in [6.07, 6.45) is 4.32. The Hall–Kier alpha value is -2.66. The van der Waals surface area contributed by atoms with Gasteiger partial charge in [-0.15, -0.1) is 0 Å². The summed E-state index contributed by atoms with van der Waals surface area (Å²) in [5, 5.41) is 2.82. The van der Waals surface area contributed by atoms with Gasteiger partial charge in [-0.1, -0.05) is 12.8 Å². The summed E-state index contributed by atoms with van der Waals surface area (Å²) < 4.78 is 38.7. The number of hydrogen-bond acceptors (Lipinski definition) is 7. The lowest BCUT2D eigenvalue weighted by molar-refractivity contribution is -0.153. The van der Waals surface area contributed by atoms with E-state index in [0.717, 1.165) is 25.7 Å². The van der Waals surface area contributed by atoms with Gasteiger partial charge in [0.2, 0.25) is 15.9 Å². The van der Waals surface area contributed by atoms with Crippen molar-refractivity contribution in [3.8, 4) is 0 Å². The Kier molecular flexibility index (Phi) is 6.62. The first-order chi connectivity index (χ1) is 15.8. The lowest BCUT2D eigenvalue weighted by Gasteiger charge is -2.27. The fraction of sp³-hybridized carbons (Fsp3) is 0.591. The molecule has 0 radical (unpaired) electrons. The maximum atomic E-state index is 12.8. The molecule has 2 aliphatic rings. The normalized spacial score (nSPS) is 18.6. The van der Waals surface area contributed by atoms with E-state index in [2.05, 4.69) is 5.32 Å². The average molecular weight is 480 g/mol. The third-order valence-electron chi connectivity index (χ3n) is 6.41. The van der Waals surface area contributed by atoms with E-state index in [0.29, 0.717) is 31.4 Å². The van der Waals surface area contributed by atoms with Crippen molar-refractivity contribution in [2.45, 2.75) is 68.8 Å². The lowest BCUT2D eigenvalue weighted by Crippen LogP contribution is -2.53. The number of carbonyl (C=O) groups is 2. The van der Waals surface area contributed by atoms with Crippen LogP contribution in [0, 0.1) is 0 Å². The highest BCUT2D eigenvalue weighted by Crippen LogP contribution is 2.31. The predicted octanol–water partition coefficient (Wildman–Crippen LogP) is 1.76. The van der Waals surface area contributed by atoms with Crippen molar-refractivity contribution in [3.63, 3.8) is 0 Å². The van der Waals surface area contributed by atoms with Gasteiger partial charge in [-0.2, -0.15) is 4.31 Å². The monoisotopic (exact) mass is 479 g/mol. The largest absolute Gasteiger partial charge is 0.464 e. The van der Waals surface area contributed by atoms with Gasteiger partial charge in [-0.05, 0) is 44.7 Å². The Morgan fingerprint density at radius 2 is 1.85 bits per heavy atom. The Morgan fingerprint density at radius 1 is 1.15 bits per heavy atom. The van der Waals surface area contributed by atoms with Crippen LogP contribution in [0.1, 0.15) is 51.9 Å². The number of esters is 1. The van der Waals surface area contributed by atoms with Gasteiger partial charge in [-0.3, -0.25) is 9.36 Å². The molecule has 33 heavy (non-hydrogen) atoms. The topological polar surface area (TPSA) is 128 Å². The molecule has 0 bridgehead atoms. The van der Waals surface area contributed by atoms with Crippen LogP contribution in [-0.4, -0.2) is 54.4 Å². The highest BCUT2D eigenvalue weighted by molar-refractivity contribution is 7.89. The molecule has 180 valence electrons. The van der Waals surface area contributed by atoms with Crippen molar-refractivity contribution in [1.29, 1.82) is 0 Å². The molecular weight excluding hydrogens is 450 g/mol. The average Bonchev–Trinajstić information content (AvgIpc) is 3.53. The number of fused-ring (bicyclic) bond motifs is 1. The van der Waals surface area contributed by atoms with Crippen LogP contribution in [-0.2, 0) is 30.9 Å². The number of aromatic nitrogens is 1. The van der Waals surface area contributed by atoms with Crippen LogP contribution < -0.4 is 11.1 Å². The van der Waals surface area contributed by atoms with E-state index in [1.165, 1.54) is 27.1 Å². The van der Waals surface area contributed by atoms with Crippen molar-refractivity contribution in [2.24, 2.45) is 0 Å². The van der Waals surface area contributed by atoms with Crippen molar-refractivity contribution in [3.05, 3.63) is 28.7 Å². The Balaban J connectivity index is 1.49. The highest BCUT2D eigenvalue weighted by Gasteiger charge is 2.43. The SMILES string of the molecule is CCOC(=O)C1(NC(=O)CCn2c(=O)oc3cc(S(=O)(=O)N4CCCC4)ccc32)CCCC1. The van der Waals surface area contributed by atoms with Gasteiger partial charge in [0.25, 0.3) is 0 Å². The summed E-state index contributed by atoms with van der Waals surface area (Å²) in [5.74, 6) is -1.46. The fourth-order valence-electron chi connectivity index (χ4n) is 4.67. The Bertz CT molecular complexity index is 1200. The number of aryl methyl sites for hydroxylation is 1. The van der Waals surface area contributed by atoms with Crippen LogP contribution in [0.5, 0.6) is 0 Å². The predicted molar refractivity (Wildman–Crippen MR) is 119 cm³/mol. The maximum Gasteiger partial charge on any atom is 0.419 e. The first kappa shape index (κ1) is 23.5. The molecule has 1 saturated heterocycles. The quantitative estimate of drug-likeness (QED) is 0.572. The van der Waals surface area contributed by atoms with Gasteiger partial charge >= 0.3 is 11.7 Å². The molecule has 2 fully saturated rings. The van der Waals surface area contributed by atoms with Gasteiger partial charge in [0.1, 0.15) is 5.54 Å². The molecule has 1 aliphatic heterocycles. The van der Waals surface area contributed by atoms with E-state index in [4.69, 9.17) is 9.15 Å². The number of nitrogens with one attached hydrogen (secondary N) is 1. The number of sulfonamides is 1. The second-order valence-corrected chi connectivity index (χ2v) is 10.5. The summed E-state index contributed by atoms with van der Waals surface area (Å²) in [4.78, 5) is 37.5. The molecule has 1 aromatic carbocycles. The zero-order valence-corrected chi connectivity index (χ0v) is 19.5. The molecule has 2 heterocycles. The molecule has 1 saturated carbocycles. The molecule has 2 aromatic rings. The lowest BCUT2D eigenvalue weighted by atomic mass is 9.97. The van der Waals surface area contributed by atoms with Crippen molar-refractivity contribution in [1.82, 2.24) is 14.2 Å². The molecule has 4 rings (SSSR count). The summed E-state index contributed by atoms with van der Waals surface area (Å²) in [6, 6.07) is 4.34. The Morgan fingerprint density at radius 3 is 2.52 bits per heavy atom. The smallest absolute Gasteiger partial charge is 0.419 e. The third kappa shape index (κ3) is 4.56. The summed E-state index contributed by atoms with van der Waals surface area (Å²) in [7, 11) is -3.64. The van der Waals surface area contributed by atoms with Crippen molar-refractivity contribution < 1.29 is 27.2 Å². The van der Waals surface area contributed by atoms with Crippen LogP contribution in [0.25, 0.3) is 11.1 Å². The minimum absolute atomic E-state index is 0.0365. The number of oxazole rings is 1. The van der Waals surface area contributed by atoms with E-state index in [-0.39, 0.29) is 36.0 Å². The van der Waals surface area contributed by atoms with Crippen LogP contribution in [0.4, 0.5) is 0 Å². The molecule has 1 aromatic heterocycles. The number of rotatable bonds is 8. The minimum Gasteiger partial charge on any atom is -0.464 e. The molecule has 11 heteroatoms. The van der Waals surface area contributed by atoms with Crippen molar-refractivity contribution >= 4 is 33.0 Å². The van der Waals surface area contributed by atoms with Gasteiger partial charge in [-0.25, -0.2) is 18.0 Å². The first-order valence-electron chi connectivity index (χ1n) is 11.4. The number of amides is 1. The van der Waals surface area contributed by atoms with Gasteiger partial charge in [0, 0.05) is 32.1 Å².